The first-order valence-corrected chi connectivity index (χ1v) is 10.7. The summed E-state index contributed by atoms with van der Waals surface area (Å²) in [5, 5.41) is 6.10. The molecule has 4 heterocycles. The van der Waals surface area contributed by atoms with Crippen LogP contribution in [0, 0.1) is 0 Å². The average Bonchev–Trinajstić information content (AvgIpc) is 3.50. The van der Waals surface area contributed by atoms with E-state index in [1.54, 1.807) is 61.6 Å². The molecule has 1 aliphatic heterocycles. The molecule has 0 atom stereocenters. The zero-order chi connectivity index (χ0) is 23.4. The van der Waals surface area contributed by atoms with Gasteiger partial charge < -0.3 is 9.72 Å². The van der Waals surface area contributed by atoms with Crippen LogP contribution in [-0.2, 0) is 16.6 Å². The maximum atomic E-state index is 13.9. The summed E-state index contributed by atoms with van der Waals surface area (Å²) in [5.41, 5.74) is 3.53. The van der Waals surface area contributed by atoms with Gasteiger partial charge in [0.2, 0.25) is 0 Å². The van der Waals surface area contributed by atoms with Crippen molar-refractivity contribution in [3.8, 4) is 5.75 Å². The number of aromatic nitrogens is 4. The summed E-state index contributed by atoms with van der Waals surface area (Å²) >= 11 is 0. The van der Waals surface area contributed by atoms with Crippen LogP contribution in [0.15, 0.2) is 73.1 Å². The molecule has 1 aliphatic rings. The van der Waals surface area contributed by atoms with Crippen LogP contribution < -0.4 is 9.64 Å². The van der Waals surface area contributed by atoms with E-state index in [-0.39, 0.29) is 11.1 Å². The highest BCUT2D eigenvalue weighted by Gasteiger charge is 2.43. The van der Waals surface area contributed by atoms with Gasteiger partial charge in [-0.2, -0.15) is 5.10 Å². The lowest BCUT2D eigenvalue weighted by atomic mass is 9.98. The minimum atomic E-state index is -0.424. The van der Waals surface area contributed by atoms with Crippen LogP contribution in [-0.4, -0.2) is 38.7 Å². The number of carbonyl (C=O) groups excluding carboxylic acids is 2. The van der Waals surface area contributed by atoms with Crippen LogP contribution in [0.1, 0.15) is 11.3 Å². The van der Waals surface area contributed by atoms with Crippen LogP contribution in [0.2, 0.25) is 0 Å². The minimum Gasteiger partial charge on any atom is -0.497 e. The molecule has 0 spiro atoms. The summed E-state index contributed by atoms with van der Waals surface area (Å²) in [5.74, 6) is -0.176. The fraction of sp³-hybridized carbons (Fsp3) is 0.0769. The zero-order valence-electron chi connectivity index (χ0n) is 18.4. The highest BCUT2D eigenvalue weighted by molar-refractivity contribution is 6.58. The van der Waals surface area contributed by atoms with Crippen molar-refractivity contribution in [2.45, 2.75) is 0 Å². The molecule has 0 radical (unpaired) electrons. The maximum absolute atomic E-state index is 13.9. The van der Waals surface area contributed by atoms with E-state index in [1.165, 1.54) is 4.90 Å². The van der Waals surface area contributed by atoms with Gasteiger partial charge in [0.25, 0.3) is 11.8 Å². The molecule has 166 valence electrons. The first-order valence-electron chi connectivity index (χ1n) is 10.7. The molecule has 2 amide bonds. The number of aryl methyl sites for hydroxylation is 1. The number of imide groups is 1. The standard InChI is InChI=1S/C26H19N5O3/c1-30-24-17(9-6-12-27-24)23(29-30)22-21(19-14-28-20-11-10-16(34-2)13-18(19)20)25(32)31(26(22)33)15-7-4-3-5-8-15/h3-14,28H,1-2H3. The predicted octanol–water partition coefficient (Wildman–Crippen LogP) is 3.94. The van der Waals surface area contributed by atoms with Gasteiger partial charge in [-0.05, 0) is 42.5 Å². The first-order chi connectivity index (χ1) is 16.6. The largest absolute Gasteiger partial charge is 0.497 e. The molecule has 0 fully saturated rings. The van der Waals surface area contributed by atoms with Crippen molar-refractivity contribution in [2.75, 3.05) is 12.0 Å². The third-order valence-electron chi connectivity index (χ3n) is 6.09. The topological polar surface area (TPSA) is 93.1 Å². The number of hydrogen-bond acceptors (Lipinski definition) is 5. The summed E-state index contributed by atoms with van der Waals surface area (Å²) in [6, 6.07) is 18.1. The Morgan fingerprint density at radius 3 is 2.50 bits per heavy atom. The lowest BCUT2D eigenvalue weighted by molar-refractivity contribution is -0.119. The quantitative estimate of drug-likeness (QED) is 0.420. The molecule has 8 nitrogen and oxygen atoms in total. The molecule has 5 aromatic rings. The maximum Gasteiger partial charge on any atom is 0.268 e. The first kappa shape index (κ1) is 19.9. The predicted molar refractivity (Wildman–Crippen MR) is 129 cm³/mol. The monoisotopic (exact) mass is 449 g/mol. The van der Waals surface area contributed by atoms with Gasteiger partial charge in [0.1, 0.15) is 11.4 Å². The Bertz CT molecular complexity index is 1650. The number of carbonyl (C=O) groups is 2. The third-order valence-corrected chi connectivity index (χ3v) is 6.09. The number of anilines is 1. The van der Waals surface area contributed by atoms with Gasteiger partial charge in [-0.15, -0.1) is 0 Å². The Kier molecular flexibility index (Phi) is 4.35. The number of nitrogens with zero attached hydrogens (tertiary/aromatic N) is 4. The number of pyridine rings is 1. The Labute approximate surface area is 194 Å². The summed E-state index contributed by atoms with van der Waals surface area (Å²) in [4.78, 5) is 36.6. The molecule has 0 unspecified atom stereocenters. The lowest BCUT2D eigenvalue weighted by Gasteiger charge is -2.14. The number of aromatic amines is 1. The summed E-state index contributed by atoms with van der Waals surface area (Å²) in [7, 11) is 3.36. The molecule has 0 saturated carbocycles. The molecule has 8 heteroatoms. The minimum absolute atomic E-state index is 0.246. The lowest BCUT2D eigenvalue weighted by Crippen LogP contribution is -2.31. The molecular weight excluding hydrogens is 430 g/mol. The number of amides is 2. The van der Waals surface area contributed by atoms with Crippen molar-refractivity contribution in [2.24, 2.45) is 7.05 Å². The SMILES string of the molecule is COc1ccc2[nH]cc(C3=C(c4nn(C)c5ncccc45)C(=O)N(c4ccccc4)C3=O)c2c1. The van der Waals surface area contributed by atoms with E-state index >= 15 is 0 Å². The smallest absolute Gasteiger partial charge is 0.268 e. The van der Waals surface area contributed by atoms with E-state index in [4.69, 9.17) is 4.74 Å². The van der Waals surface area contributed by atoms with Crippen LogP contribution in [0.3, 0.4) is 0 Å². The van der Waals surface area contributed by atoms with Gasteiger partial charge in [-0.1, -0.05) is 18.2 Å². The Morgan fingerprint density at radius 1 is 0.912 bits per heavy atom. The molecule has 34 heavy (non-hydrogen) atoms. The molecular formula is C26H19N5O3. The van der Waals surface area contributed by atoms with E-state index < -0.39 is 11.8 Å². The van der Waals surface area contributed by atoms with Crippen molar-refractivity contribution < 1.29 is 14.3 Å². The van der Waals surface area contributed by atoms with Crippen molar-refractivity contribution in [3.05, 3.63) is 84.3 Å². The van der Waals surface area contributed by atoms with Crippen molar-refractivity contribution >= 4 is 50.6 Å². The Hall–Kier alpha value is -4.72. The van der Waals surface area contributed by atoms with Gasteiger partial charge in [-0.25, -0.2) is 14.6 Å². The number of fused-ring (bicyclic) bond motifs is 2. The Morgan fingerprint density at radius 2 is 1.71 bits per heavy atom. The fourth-order valence-corrected chi connectivity index (χ4v) is 4.52. The second-order valence-electron chi connectivity index (χ2n) is 7.99. The van der Waals surface area contributed by atoms with Gasteiger partial charge in [0.05, 0.1) is 23.9 Å². The summed E-state index contributed by atoms with van der Waals surface area (Å²) in [6.45, 7) is 0. The van der Waals surface area contributed by atoms with Crippen molar-refractivity contribution in [1.82, 2.24) is 19.7 Å². The molecule has 0 bridgehead atoms. The zero-order valence-corrected chi connectivity index (χ0v) is 18.4. The van der Waals surface area contributed by atoms with Crippen molar-refractivity contribution in [1.29, 1.82) is 0 Å². The highest BCUT2D eigenvalue weighted by atomic mass is 16.5. The second kappa shape index (κ2) is 7.41. The number of H-pyrrole nitrogens is 1. The number of methoxy groups -OCH3 is 1. The van der Waals surface area contributed by atoms with E-state index in [1.807, 2.05) is 30.3 Å². The average molecular weight is 449 g/mol. The highest BCUT2D eigenvalue weighted by Crippen LogP contribution is 2.42. The normalized spacial score (nSPS) is 14.1. The fourth-order valence-electron chi connectivity index (χ4n) is 4.52. The summed E-state index contributed by atoms with van der Waals surface area (Å²) in [6.07, 6.45) is 3.43. The molecule has 2 aromatic carbocycles. The number of rotatable bonds is 4. The van der Waals surface area contributed by atoms with Gasteiger partial charge in [0, 0.05) is 41.3 Å². The molecule has 0 aliphatic carbocycles. The number of nitrogens with one attached hydrogen (secondary N) is 1. The van der Waals surface area contributed by atoms with E-state index in [9.17, 15) is 9.59 Å². The number of para-hydroxylation sites is 1. The number of benzene rings is 2. The molecule has 6 rings (SSSR count). The summed E-state index contributed by atoms with van der Waals surface area (Å²) < 4.78 is 7.03. The molecule has 3 aromatic heterocycles. The van der Waals surface area contributed by atoms with Gasteiger partial charge >= 0.3 is 0 Å². The van der Waals surface area contributed by atoms with Crippen LogP contribution in [0.25, 0.3) is 33.1 Å². The van der Waals surface area contributed by atoms with E-state index in [0.29, 0.717) is 33.7 Å². The Balaban J connectivity index is 1.67. The third kappa shape index (κ3) is 2.78. The number of hydrogen-bond donors (Lipinski definition) is 1. The molecule has 0 saturated heterocycles. The van der Waals surface area contributed by atoms with E-state index in [0.717, 1.165) is 10.9 Å². The van der Waals surface area contributed by atoms with Gasteiger partial charge in [0.15, 0.2) is 5.65 Å². The van der Waals surface area contributed by atoms with Crippen LogP contribution in [0.4, 0.5) is 5.69 Å². The molecule has 1 N–H and O–H groups in total. The van der Waals surface area contributed by atoms with Crippen LogP contribution in [0.5, 0.6) is 5.75 Å². The second-order valence-corrected chi connectivity index (χ2v) is 7.99. The van der Waals surface area contributed by atoms with Gasteiger partial charge in [-0.3, -0.25) is 9.59 Å². The van der Waals surface area contributed by atoms with Crippen LogP contribution >= 0.6 is 0 Å². The van der Waals surface area contributed by atoms with Crippen molar-refractivity contribution in [3.63, 3.8) is 0 Å². The van der Waals surface area contributed by atoms with E-state index in [2.05, 4.69) is 15.1 Å². The number of ether oxygens (including phenoxy) is 1.